The van der Waals surface area contributed by atoms with Crippen molar-refractivity contribution >= 4 is 18.0 Å². The van der Waals surface area contributed by atoms with Gasteiger partial charge in [0.15, 0.2) is 0 Å². The summed E-state index contributed by atoms with van der Waals surface area (Å²) in [6.45, 7) is 2.13. The standard InChI is InChI=1S/C27H32N2O5/c1-2-8-24(25(30)28-18-10-7-9-17(15-18)26(31)32)29-27(33)34-16-23-21-13-5-3-11-19(21)20-12-4-6-14-22(20)23/h3-6,11-14,17-18,23-24H,2,7-10,15-16H2,1H3,(H,28,30)(H,29,33)(H,31,32)/t17-,18+,24?/m1/s1. The second-order valence-corrected chi connectivity index (χ2v) is 9.22. The van der Waals surface area contributed by atoms with Gasteiger partial charge in [-0.3, -0.25) is 9.59 Å². The zero-order valence-electron chi connectivity index (χ0n) is 19.5. The Morgan fingerprint density at radius 1 is 1.03 bits per heavy atom. The van der Waals surface area contributed by atoms with Crippen LogP contribution in [0, 0.1) is 5.92 Å². The summed E-state index contributed by atoms with van der Waals surface area (Å²) in [5.41, 5.74) is 4.57. The van der Waals surface area contributed by atoms with Crippen LogP contribution in [0.5, 0.6) is 0 Å². The van der Waals surface area contributed by atoms with E-state index in [2.05, 4.69) is 34.9 Å². The fourth-order valence-electron chi connectivity index (χ4n) is 5.19. The minimum Gasteiger partial charge on any atom is -0.481 e. The van der Waals surface area contributed by atoms with Crippen molar-refractivity contribution in [3.63, 3.8) is 0 Å². The Hall–Kier alpha value is -3.35. The molecule has 0 heterocycles. The minimum absolute atomic E-state index is 0.0493. The van der Waals surface area contributed by atoms with E-state index in [1.807, 2.05) is 31.2 Å². The molecule has 2 aromatic rings. The van der Waals surface area contributed by atoms with E-state index in [4.69, 9.17) is 4.74 Å². The van der Waals surface area contributed by atoms with Crippen molar-refractivity contribution in [3.05, 3.63) is 59.7 Å². The molecule has 1 fully saturated rings. The summed E-state index contributed by atoms with van der Waals surface area (Å²) in [7, 11) is 0. The van der Waals surface area contributed by atoms with Gasteiger partial charge in [0.25, 0.3) is 0 Å². The molecular formula is C27H32N2O5. The molecule has 3 N–H and O–H groups in total. The number of rotatable bonds is 8. The monoisotopic (exact) mass is 464 g/mol. The van der Waals surface area contributed by atoms with Crippen LogP contribution in [-0.4, -0.2) is 41.8 Å². The molecule has 2 aliphatic rings. The van der Waals surface area contributed by atoms with Crippen LogP contribution < -0.4 is 10.6 Å². The Morgan fingerprint density at radius 2 is 1.68 bits per heavy atom. The van der Waals surface area contributed by atoms with Gasteiger partial charge in [-0.25, -0.2) is 4.79 Å². The number of hydrogen-bond donors (Lipinski definition) is 3. The maximum absolute atomic E-state index is 12.9. The molecule has 0 spiro atoms. The minimum atomic E-state index is -0.819. The third kappa shape index (κ3) is 5.24. The molecule has 0 aromatic heterocycles. The number of carbonyl (C=O) groups excluding carboxylic acids is 2. The number of aliphatic carboxylic acids is 1. The smallest absolute Gasteiger partial charge is 0.407 e. The number of ether oxygens (including phenoxy) is 1. The number of benzene rings is 2. The first-order valence-electron chi connectivity index (χ1n) is 12.1. The highest BCUT2D eigenvalue weighted by molar-refractivity contribution is 5.86. The molecule has 180 valence electrons. The number of carboxylic acid groups (broad SMARTS) is 1. The predicted molar refractivity (Wildman–Crippen MR) is 128 cm³/mol. The third-order valence-corrected chi connectivity index (χ3v) is 6.90. The quantitative estimate of drug-likeness (QED) is 0.535. The molecule has 0 aliphatic heterocycles. The van der Waals surface area contributed by atoms with Gasteiger partial charge in [-0.1, -0.05) is 68.3 Å². The van der Waals surface area contributed by atoms with Crippen LogP contribution in [0.2, 0.25) is 0 Å². The van der Waals surface area contributed by atoms with Crippen LogP contribution in [0.4, 0.5) is 4.79 Å². The van der Waals surface area contributed by atoms with Gasteiger partial charge in [0.1, 0.15) is 12.6 Å². The van der Waals surface area contributed by atoms with E-state index in [1.165, 1.54) is 0 Å². The fraction of sp³-hybridized carbons (Fsp3) is 0.444. The zero-order valence-corrected chi connectivity index (χ0v) is 19.5. The van der Waals surface area contributed by atoms with Gasteiger partial charge in [-0.15, -0.1) is 0 Å². The maximum Gasteiger partial charge on any atom is 0.407 e. The lowest BCUT2D eigenvalue weighted by Crippen LogP contribution is -2.51. The Bertz CT molecular complexity index is 1010. The van der Waals surface area contributed by atoms with Gasteiger partial charge in [-0.05, 0) is 47.9 Å². The van der Waals surface area contributed by atoms with Crippen molar-refractivity contribution in [1.82, 2.24) is 10.6 Å². The molecule has 7 nitrogen and oxygen atoms in total. The second-order valence-electron chi connectivity index (χ2n) is 9.22. The molecule has 0 saturated heterocycles. The third-order valence-electron chi connectivity index (χ3n) is 6.90. The summed E-state index contributed by atoms with van der Waals surface area (Å²) in [4.78, 5) is 36.8. The van der Waals surface area contributed by atoms with Crippen molar-refractivity contribution < 1.29 is 24.2 Å². The molecule has 2 aromatic carbocycles. The van der Waals surface area contributed by atoms with Crippen LogP contribution in [0.15, 0.2) is 48.5 Å². The summed E-state index contributed by atoms with van der Waals surface area (Å²) in [6, 6.07) is 15.4. The van der Waals surface area contributed by atoms with Crippen molar-refractivity contribution in [2.24, 2.45) is 5.92 Å². The lowest BCUT2D eigenvalue weighted by atomic mass is 9.85. The average Bonchev–Trinajstić information content (AvgIpc) is 3.16. The maximum atomic E-state index is 12.9. The highest BCUT2D eigenvalue weighted by Crippen LogP contribution is 2.44. The van der Waals surface area contributed by atoms with Crippen molar-refractivity contribution in [3.8, 4) is 11.1 Å². The normalized spacial score (nSPS) is 20.0. The van der Waals surface area contributed by atoms with Gasteiger partial charge in [0.2, 0.25) is 5.91 Å². The first kappa shape index (κ1) is 23.8. The summed E-state index contributed by atoms with van der Waals surface area (Å²) in [5, 5.41) is 15.0. The van der Waals surface area contributed by atoms with Crippen molar-refractivity contribution in [2.45, 2.75) is 63.5 Å². The van der Waals surface area contributed by atoms with Gasteiger partial charge in [-0.2, -0.15) is 0 Å². The van der Waals surface area contributed by atoms with Gasteiger partial charge in [0, 0.05) is 12.0 Å². The molecule has 7 heteroatoms. The summed E-state index contributed by atoms with van der Waals surface area (Å²) < 4.78 is 5.60. The van der Waals surface area contributed by atoms with Crippen molar-refractivity contribution in [1.29, 1.82) is 0 Å². The molecule has 2 aliphatic carbocycles. The Morgan fingerprint density at radius 3 is 2.29 bits per heavy atom. The zero-order chi connectivity index (χ0) is 24.1. The SMILES string of the molecule is CCCC(NC(=O)OCC1c2ccccc2-c2ccccc21)C(=O)N[C@H]1CCC[C@@H](C(=O)O)C1. The molecule has 0 radical (unpaired) electrons. The van der Waals surface area contributed by atoms with Crippen LogP contribution in [-0.2, 0) is 14.3 Å². The number of fused-ring (bicyclic) bond motifs is 3. The van der Waals surface area contributed by atoms with Crippen LogP contribution in [0.3, 0.4) is 0 Å². The van der Waals surface area contributed by atoms with E-state index in [9.17, 15) is 19.5 Å². The molecule has 3 atom stereocenters. The highest BCUT2D eigenvalue weighted by Gasteiger charge is 2.31. The van der Waals surface area contributed by atoms with E-state index >= 15 is 0 Å². The Kier molecular flexibility index (Phi) is 7.50. The summed E-state index contributed by atoms with van der Waals surface area (Å²) in [5.74, 6) is -1.59. The summed E-state index contributed by atoms with van der Waals surface area (Å²) >= 11 is 0. The molecule has 0 bridgehead atoms. The Balaban J connectivity index is 1.35. The van der Waals surface area contributed by atoms with Gasteiger partial charge < -0.3 is 20.5 Å². The average molecular weight is 465 g/mol. The predicted octanol–water partition coefficient (Wildman–Crippen LogP) is 4.45. The Labute approximate surface area is 199 Å². The number of amides is 2. The second kappa shape index (κ2) is 10.7. The van der Waals surface area contributed by atoms with E-state index in [1.54, 1.807) is 0 Å². The topological polar surface area (TPSA) is 105 Å². The van der Waals surface area contributed by atoms with Crippen LogP contribution in [0.1, 0.15) is 62.5 Å². The number of carboxylic acids is 1. The molecule has 1 unspecified atom stereocenters. The van der Waals surface area contributed by atoms with Gasteiger partial charge in [0.05, 0.1) is 5.92 Å². The van der Waals surface area contributed by atoms with Gasteiger partial charge >= 0.3 is 12.1 Å². The molecule has 34 heavy (non-hydrogen) atoms. The van der Waals surface area contributed by atoms with E-state index < -0.39 is 24.0 Å². The van der Waals surface area contributed by atoms with Crippen molar-refractivity contribution in [2.75, 3.05) is 6.61 Å². The molecule has 2 amide bonds. The first-order valence-corrected chi connectivity index (χ1v) is 12.1. The van der Waals surface area contributed by atoms with Crippen LogP contribution in [0.25, 0.3) is 11.1 Å². The largest absolute Gasteiger partial charge is 0.481 e. The molecule has 4 rings (SSSR count). The molecule has 1 saturated carbocycles. The number of nitrogens with one attached hydrogen (secondary N) is 2. The van der Waals surface area contributed by atoms with Crippen LogP contribution >= 0.6 is 0 Å². The van der Waals surface area contributed by atoms with E-state index in [0.29, 0.717) is 25.7 Å². The number of hydrogen-bond acceptors (Lipinski definition) is 4. The lowest BCUT2D eigenvalue weighted by molar-refractivity contribution is -0.143. The first-order chi connectivity index (χ1) is 16.5. The fourth-order valence-corrected chi connectivity index (χ4v) is 5.19. The lowest BCUT2D eigenvalue weighted by Gasteiger charge is -2.29. The van der Waals surface area contributed by atoms with E-state index in [-0.39, 0.29) is 24.5 Å². The van der Waals surface area contributed by atoms with E-state index in [0.717, 1.165) is 35.1 Å². The number of alkyl carbamates (subject to hydrolysis) is 1. The molecular weight excluding hydrogens is 432 g/mol. The highest BCUT2D eigenvalue weighted by atomic mass is 16.5. The summed E-state index contributed by atoms with van der Waals surface area (Å²) in [6.07, 6.45) is 3.14. The number of carbonyl (C=O) groups is 3.